The van der Waals surface area contributed by atoms with Crippen LogP contribution in [0.5, 0.6) is 0 Å². The van der Waals surface area contributed by atoms with Crippen molar-refractivity contribution in [3.8, 4) is 0 Å². The van der Waals surface area contributed by atoms with Gasteiger partial charge in [0.15, 0.2) is 0 Å². The van der Waals surface area contributed by atoms with Gasteiger partial charge in [0.05, 0.1) is 12.2 Å². The molecule has 1 atom stereocenters. The van der Waals surface area contributed by atoms with Gasteiger partial charge < -0.3 is 10.2 Å². The van der Waals surface area contributed by atoms with Gasteiger partial charge in [-0.15, -0.1) is 0 Å². The molecule has 0 saturated carbocycles. The van der Waals surface area contributed by atoms with Gasteiger partial charge in [0, 0.05) is 6.42 Å². The normalized spacial score (nSPS) is 12.6. The first kappa shape index (κ1) is 10.9. The molecule has 0 radical (unpaired) electrons. The molecule has 1 unspecified atom stereocenters. The van der Waals surface area contributed by atoms with E-state index in [2.05, 4.69) is 17.1 Å². The van der Waals surface area contributed by atoms with Crippen molar-refractivity contribution in [2.45, 2.75) is 25.8 Å². The van der Waals surface area contributed by atoms with Crippen LogP contribution < -0.4 is 5.73 Å². The number of aryl methyl sites for hydroxylation is 2. The van der Waals surface area contributed by atoms with Gasteiger partial charge in [0.1, 0.15) is 5.76 Å². The summed E-state index contributed by atoms with van der Waals surface area (Å²) in [5.74, 6) is 1.51. The summed E-state index contributed by atoms with van der Waals surface area (Å²) in [6.07, 6.45) is 3.60. The molecule has 2 N–H and O–H groups in total. The molecule has 1 aromatic heterocycles. The van der Waals surface area contributed by atoms with E-state index in [1.807, 2.05) is 25.1 Å². The Kier molecular flexibility index (Phi) is 3.37. The molecular weight excluding hydrogens is 200 g/mol. The van der Waals surface area contributed by atoms with Crippen LogP contribution in [0.25, 0.3) is 0 Å². The molecule has 2 rings (SSSR count). The predicted octanol–water partition coefficient (Wildman–Crippen LogP) is 2.48. The molecule has 0 aliphatic heterocycles. The van der Waals surface area contributed by atoms with E-state index in [9.17, 15) is 0 Å². The van der Waals surface area contributed by atoms with Crippen molar-refractivity contribution in [1.29, 1.82) is 0 Å². The van der Waals surface area contributed by atoms with Gasteiger partial charge in [-0.1, -0.05) is 30.3 Å². The Labute approximate surface area is 95.3 Å². The van der Waals surface area contributed by atoms with Gasteiger partial charge in [-0.05, 0) is 18.9 Å². The lowest BCUT2D eigenvalue weighted by Crippen LogP contribution is -2.04. The molecular formula is C13H16N2O. The lowest BCUT2D eigenvalue weighted by Gasteiger charge is -1.99. The largest absolute Gasteiger partial charge is 0.444 e. The lowest BCUT2D eigenvalue weighted by atomic mass is 10.1. The zero-order chi connectivity index (χ0) is 11.4. The Hall–Kier alpha value is -1.61. The van der Waals surface area contributed by atoms with E-state index in [-0.39, 0.29) is 6.04 Å². The van der Waals surface area contributed by atoms with Crippen LogP contribution in [0.1, 0.15) is 30.2 Å². The Morgan fingerprint density at radius 1 is 1.25 bits per heavy atom. The van der Waals surface area contributed by atoms with Crippen molar-refractivity contribution in [3.05, 3.63) is 53.7 Å². The molecule has 2 aromatic rings. The average molecular weight is 216 g/mol. The van der Waals surface area contributed by atoms with Crippen molar-refractivity contribution in [2.24, 2.45) is 5.73 Å². The molecule has 3 heteroatoms. The summed E-state index contributed by atoms with van der Waals surface area (Å²) in [4.78, 5) is 4.14. The van der Waals surface area contributed by atoms with Crippen LogP contribution >= 0.6 is 0 Å². The zero-order valence-electron chi connectivity index (χ0n) is 9.39. The summed E-state index contributed by atoms with van der Waals surface area (Å²) in [5.41, 5.74) is 6.98. The summed E-state index contributed by atoms with van der Waals surface area (Å²) in [6.45, 7) is 1.87. The highest BCUT2D eigenvalue weighted by Gasteiger charge is 2.07. The highest BCUT2D eigenvalue weighted by molar-refractivity contribution is 5.15. The fraction of sp³-hybridized carbons (Fsp3) is 0.308. The van der Waals surface area contributed by atoms with E-state index in [1.165, 1.54) is 5.56 Å². The maximum absolute atomic E-state index is 5.68. The third-order valence-corrected chi connectivity index (χ3v) is 2.46. The fourth-order valence-corrected chi connectivity index (χ4v) is 1.56. The SMILES string of the molecule is CC(N)c1ncc(CCc2ccccc2)o1. The number of nitrogens with zero attached hydrogens (tertiary/aromatic N) is 1. The number of rotatable bonds is 4. The van der Waals surface area contributed by atoms with Crippen LogP contribution in [0.3, 0.4) is 0 Å². The smallest absolute Gasteiger partial charge is 0.210 e. The molecule has 3 nitrogen and oxygen atoms in total. The number of benzene rings is 1. The molecule has 0 aliphatic rings. The van der Waals surface area contributed by atoms with Gasteiger partial charge in [-0.3, -0.25) is 0 Å². The standard InChI is InChI=1S/C13H16N2O/c1-10(14)13-15-9-12(16-13)8-7-11-5-3-2-4-6-11/h2-6,9-10H,7-8,14H2,1H3. The minimum absolute atomic E-state index is 0.134. The highest BCUT2D eigenvalue weighted by atomic mass is 16.4. The summed E-state index contributed by atoms with van der Waals surface area (Å²) in [5, 5.41) is 0. The van der Waals surface area contributed by atoms with Gasteiger partial charge in [-0.25, -0.2) is 4.98 Å². The van der Waals surface area contributed by atoms with Gasteiger partial charge >= 0.3 is 0 Å². The second-order valence-corrected chi connectivity index (χ2v) is 3.94. The molecule has 0 aliphatic carbocycles. The van der Waals surface area contributed by atoms with Crippen molar-refractivity contribution in [2.75, 3.05) is 0 Å². The molecule has 1 aromatic carbocycles. The molecule has 0 amide bonds. The number of hydrogen-bond donors (Lipinski definition) is 1. The lowest BCUT2D eigenvalue weighted by molar-refractivity contribution is 0.430. The van der Waals surface area contributed by atoms with Crippen molar-refractivity contribution in [1.82, 2.24) is 4.98 Å². The monoisotopic (exact) mass is 216 g/mol. The first-order chi connectivity index (χ1) is 7.75. The van der Waals surface area contributed by atoms with Crippen LogP contribution in [0, 0.1) is 0 Å². The topological polar surface area (TPSA) is 52.0 Å². The zero-order valence-corrected chi connectivity index (χ0v) is 9.39. The third kappa shape index (κ3) is 2.70. The summed E-state index contributed by atoms with van der Waals surface area (Å²) in [6, 6.07) is 10.2. The maximum Gasteiger partial charge on any atom is 0.210 e. The van der Waals surface area contributed by atoms with E-state index >= 15 is 0 Å². The Balaban J connectivity index is 1.95. The second kappa shape index (κ2) is 4.94. The number of nitrogens with two attached hydrogens (primary N) is 1. The summed E-state index contributed by atoms with van der Waals surface area (Å²) < 4.78 is 5.53. The highest BCUT2D eigenvalue weighted by Crippen LogP contribution is 2.12. The molecule has 1 heterocycles. The van der Waals surface area contributed by atoms with E-state index in [4.69, 9.17) is 10.2 Å². The van der Waals surface area contributed by atoms with Crippen LogP contribution in [0.4, 0.5) is 0 Å². The predicted molar refractivity (Wildman–Crippen MR) is 63.0 cm³/mol. The van der Waals surface area contributed by atoms with Crippen LogP contribution in [-0.2, 0) is 12.8 Å². The minimum atomic E-state index is -0.134. The van der Waals surface area contributed by atoms with Gasteiger partial charge in [-0.2, -0.15) is 0 Å². The van der Waals surface area contributed by atoms with E-state index in [0.29, 0.717) is 5.89 Å². The minimum Gasteiger partial charge on any atom is -0.444 e. The first-order valence-corrected chi connectivity index (χ1v) is 5.50. The third-order valence-electron chi connectivity index (χ3n) is 2.46. The van der Waals surface area contributed by atoms with Crippen molar-refractivity contribution >= 4 is 0 Å². The fourth-order valence-electron chi connectivity index (χ4n) is 1.56. The molecule has 0 spiro atoms. The number of aromatic nitrogens is 1. The Morgan fingerprint density at radius 2 is 2.00 bits per heavy atom. The quantitative estimate of drug-likeness (QED) is 0.854. The van der Waals surface area contributed by atoms with Crippen molar-refractivity contribution in [3.63, 3.8) is 0 Å². The number of hydrogen-bond acceptors (Lipinski definition) is 3. The molecule has 0 fully saturated rings. The van der Waals surface area contributed by atoms with Gasteiger partial charge in [0.2, 0.25) is 5.89 Å². The second-order valence-electron chi connectivity index (χ2n) is 3.94. The van der Waals surface area contributed by atoms with Crippen LogP contribution in [-0.4, -0.2) is 4.98 Å². The van der Waals surface area contributed by atoms with Crippen LogP contribution in [0.2, 0.25) is 0 Å². The summed E-state index contributed by atoms with van der Waals surface area (Å²) >= 11 is 0. The Bertz CT molecular complexity index is 434. The Morgan fingerprint density at radius 3 is 2.62 bits per heavy atom. The van der Waals surface area contributed by atoms with Crippen LogP contribution in [0.15, 0.2) is 40.9 Å². The molecule has 0 saturated heterocycles. The average Bonchev–Trinajstić information content (AvgIpc) is 2.76. The van der Waals surface area contributed by atoms with Gasteiger partial charge in [0.25, 0.3) is 0 Å². The summed E-state index contributed by atoms with van der Waals surface area (Å²) in [7, 11) is 0. The van der Waals surface area contributed by atoms with E-state index in [0.717, 1.165) is 18.6 Å². The van der Waals surface area contributed by atoms with E-state index < -0.39 is 0 Å². The number of oxazole rings is 1. The van der Waals surface area contributed by atoms with Crippen molar-refractivity contribution < 1.29 is 4.42 Å². The molecule has 0 bridgehead atoms. The first-order valence-electron chi connectivity index (χ1n) is 5.50. The molecule has 84 valence electrons. The molecule has 16 heavy (non-hydrogen) atoms. The van der Waals surface area contributed by atoms with E-state index in [1.54, 1.807) is 6.20 Å². The maximum atomic E-state index is 5.68.